The molecular weight excluding hydrogens is 500 g/mol. The van der Waals surface area contributed by atoms with E-state index in [9.17, 15) is 19.5 Å². The lowest BCUT2D eigenvalue weighted by Crippen LogP contribution is -2.57. The summed E-state index contributed by atoms with van der Waals surface area (Å²) >= 11 is 1.59. The van der Waals surface area contributed by atoms with Crippen LogP contribution in [-0.2, 0) is 19.1 Å². The maximum absolute atomic E-state index is 14.5. The summed E-state index contributed by atoms with van der Waals surface area (Å²) in [4.78, 5) is 45.0. The second-order valence-corrected chi connectivity index (χ2v) is 11.9. The Labute approximate surface area is 227 Å². The van der Waals surface area contributed by atoms with Crippen LogP contribution in [-0.4, -0.2) is 69.6 Å². The Bertz CT molecular complexity index is 1280. The van der Waals surface area contributed by atoms with Gasteiger partial charge in [0.05, 0.1) is 35.8 Å². The summed E-state index contributed by atoms with van der Waals surface area (Å²) < 4.78 is 4.78. The Balaban J connectivity index is 1.55. The molecule has 1 N–H and O–H groups in total. The second-order valence-electron chi connectivity index (χ2n) is 10.3. The Morgan fingerprint density at radius 2 is 2.00 bits per heavy atom. The van der Waals surface area contributed by atoms with E-state index in [1.165, 1.54) is 0 Å². The quantitative estimate of drug-likeness (QED) is 0.282. The zero-order valence-corrected chi connectivity index (χ0v) is 22.4. The molecule has 2 aromatic rings. The zero-order valence-electron chi connectivity index (χ0n) is 21.6. The summed E-state index contributed by atoms with van der Waals surface area (Å²) in [6.45, 7) is 9.51. The highest BCUT2D eigenvalue weighted by Crippen LogP contribution is 2.67. The van der Waals surface area contributed by atoms with Gasteiger partial charge in [-0.15, -0.1) is 24.9 Å². The van der Waals surface area contributed by atoms with Gasteiger partial charge in [0, 0.05) is 17.5 Å². The standard InChI is InChI=1S/C30H34N2O5S/c1-4-6-16-37-29(36)24-23-13-14-30(38-23)25(24)27(34)32(19(3)18-33)26(30)28(35)31(15-5-2)22-12-11-20-9-7-8-10-21(20)17-22/h4-5,7-12,17,19,23-26,33H,1-2,6,13-16,18H2,3H3/t19-,23-,24+,25+,26?,30?/m1/s1. The van der Waals surface area contributed by atoms with Gasteiger partial charge in [0.25, 0.3) is 5.91 Å². The Morgan fingerprint density at radius 1 is 1.24 bits per heavy atom. The van der Waals surface area contributed by atoms with Crippen LogP contribution >= 0.6 is 11.8 Å². The number of hydrogen-bond acceptors (Lipinski definition) is 6. The van der Waals surface area contributed by atoms with Crippen LogP contribution in [0.5, 0.6) is 0 Å². The van der Waals surface area contributed by atoms with Crippen LogP contribution in [0.4, 0.5) is 5.69 Å². The van der Waals surface area contributed by atoms with Crippen molar-refractivity contribution in [1.29, 1.82) is 0 Å². The molecule has 3 aliphatic rings. The van der Waals surface area contributed by atoms with Gasteiger partial charge in [-0.25, -0.2) is 0 Å². The van der Waals surface area contributed by atoms with Gasteiger partial charge in [0.2, 0.25) is 5.91 Å². The van der Waals surface area contributed by atoms with Crippen LogP contribution in [0.3, 0.4) is 0 Å². The number of benzene rings is 2. The van der Waals surface area contributed by atoms with Crippen molar-refractivity contribution in [1.82, 2.24) is 4.90 Å². The first-order chi connectivity index (χ1) is 18.4. The summed E-state index contributed by atoms with van der Waals surface area (Å²) in [5, 5.41) is 12.1. The zero-order chi connectivity index (χ0) is 27.0. The molecule has 3 fully saturated rings. The van der Waals surface area contributed by atoms with Gasteiger partial charge in [-0.2, -0.15) is 0 Å². The first-order valence-corrected chi connectivity index (χ1v) is 14.1. The molecule has 0 saturated carbocycles. The maximum atomic E-state index is 14.5. The first kappa shape index (κ1) is 26.5. The summed E-state index contributed by atoms with van der Waals surface area (Å²) in [7, 11) is 0. The molecule has 2 bridgehead atoms. The van der Waals surface area contributed by atoms with E-state index in [0.717, 1.165) is 22.9 Å². The van der Waals surface area contributed by atoms with Crippen molar-refractivity contribution in [2.45, 2.75) is 48.3 Å². The molecule has 200 valence electrons. The van der Waals surface area contributed by atoms with Crippen molar-refractivity contribution >= 4 is 46.0 Å². The summed E-state index contributed by atoms with van der Waals surface area (Å²) in [6, 6.07) is 12.4. The normalized spacial score (nSPS) is 28.3. The van der Waals surface area contributed by atoms with Crippen molar-refractivity contribution in [3.63, 3.8) is 0 Å². The topological polar surface area (TPSA) is 87.1 Å². The molecule has 1 spiro atoms. The highest BCUT2D eigenvalue weighted by atomic mass is 32.2. The van der Waals surface area contributed by atoms with E-state index >= 15 is 0 Å². The summed E-state index contributed by atoms with van der Waals surface area (Å²) in [5.41, 5.74) is 0.718. The number of nitrogens with zero attached hydrogens (tertiary/aromatic N) is 2. The highest BCUT2D eigenvalue weighted by Gasteiger charge is 2.74. The molecule has 2 unspecified atom stereocenters. The van der Waals surface area contributed by atoms with E-state index in [4.69, 9.17) is 4.74 Å². The fourth-order valence-electron chi connectivity index (χ4n) is 6.48. The first-order valence-electron chi connectivity index (χ1n) is 13.2. The summed E-state index contributed by atoms with van der Waals surface area (Å²) in [5.74, 6) is -2.11. The number of carbonyl (C=O) groups is 3. The third kappa shape index (κ3) is 4.14. The van der Waals surface area contributed by atoms with E-state index in [-0.39, 0.29) is 42.8 Å². The van der Waals surface area contributed by atoms with Crippen LogP contribution in [0.15, 0.2) is 67.8 Å². The van der Waals surface area contributed by atoms with Crippen molar-refractivity contribution in [2.75, 3.05) is 24.7 Å². The van der Waals surface area contributed by atoms with Crippen LogP contribution < -0.4 is 4.90 Å². The van der Waals surface area contributed by atoms with Gasteiger partial charge < -0.3 is 19.6 Å². The molecule has 5 rings (SSSR count). The number of ether oxygens (including phenoxy) is 1. The molecule has 3 heterocycles. The molecule has 0 aromatic heterocycles. The van der Waals surface area contributed by atoms with Crippen molar-refractivity contribution in [2.24, 2.45) is 11.8 Å². The number of likely N-dealkylation sites (tertiary alicyclic amines) is 1. The van der Waals surface area contributed by atoms with E-state index in [1.807, 2.05) is 42.5 Å². The number of hydrogen-bond donors (Lipinski definition) is 1. The van der Waals surface area contributed by atoms with Crippen LogP contribution in [0.25, 0.3) is 10.8 Å². The molecule has 3 saturated heterocycles. The van der Waals surface area contributed by atoms with Crippen molar-refractivity contribution in [3.8, 4) is 0 Å². The van der Waals surface area contributed by atoms with Gasteiger partial charge in [0.1, 0.15) is 6.04 Å². The molecule has 0 radical (unpaired) electrons. The number of thioether (sulfide) groups is 1. The predicted molar refractivity (Wildman–Crippen MR) is 150 cm³/mol. The fourth-order valence-corrected chi connectivity index (χ4v) is 8.67. The van der Waals surface area contributed by atoms with Crippen LogP contribution in [0.2, 0.25) is 0 Å². The number of carbonyl (C=O) groups excluding carboxylic acids is 3. The molecule has 2 amide bonds. The second kappa shape index (κ2) is 10.6. The third-order valence-corrected chi connectivity index (χ3v) is 10.1. The average molecular weight is 535 g/mol. The lowest BCUT2D eigenvalue weighted by atomic mass is 9.71. The minimum Gasteiger partial charge on any atom is -0.465 e. The smallest absolute Gasteiger partial charge is 0.310 e. The number of amides is 2. The molecule has 2 aromatic carbocycles. The number of aliphatic hydroxyl groups excluding tert-OH is 1. The molecule has 0 aliphatic carbocycles. The van der Waals surface area contributed by atoms with Crippen molar-refractivity contribution in [3.05, 3.63) is 67.8 Å². The third-order valence-electron chi connectivity index (χ3n) is 8.17. The molecule has 7 nitrogen and oxygen atoms in total. The van der Waals surface area contributed by atoms with Crippen molar-refractivity contribution < 1.29 is 24.2 Å². The molecule has 3 aliphatic heterocycles. The lowest BCUT2D eigenvalue weighted by molar-refractivity contribution is -0.154. The Hall–Kier alpha value is -3.10. The van der Waals surface area contributed by atoms with Crippen LogP contribution in [0, 0.1) is 11.8 Å². The van der Waals surface area contributed by atoms with E-state index in [2.05, 4.69) is 13.2 Å². The Kier molecular flexibility index (Phi) is 7.38. The van der Waals surface area contributed by atoms with E-state index in [0.29, 0.717) is 12.8 Å². The van der Waals surface area contributed by atoms with E-state index < -0.39 is 28.7 Å². The minimum atomic E-state index is -0.811. The van der Waals surface area contributed by atoms with Gasteiger partial charge in [-0.1, -0.05) is 42.5 Å². The van der Waals surface area contributed by atoms with Gasteiger partial charge in [0.15, 0.2) is 0 Å². The predicted octanol–water partition coefficient (Wildman–Crippen LogP) is 3.95. The number of fused-ring (bicyclic) bond motifs is 2. The maximum Gasteiger partial charge on any atom is 0.310 e. The molecular formula is C30H34N2O5S. The Morgan fingerprint density at radius 3 is 2.71 bits per heavy atom. The van der Waals surface area contributed by atoms with Gasteiger partial charge >= 0.3 is 5.97 Å². The number of rotatable bonds is 10. The lowest BCUT2D eigenvalue weighted by Gasteiger charge is -2.38. The average Bonchev–Trinajstić information content (AvgIpc) is 3.58. The molecule has 38 heavy (non-hydrogen) atoms. The fraction of sp³-hybridized carbons (Fsp3) is 0.433. The van der Waals surface area contributed by atoms with Crippen LogP contribution in [0.1, 0.15) is 26.2 Å². The van der Waals surface area contributed by atoms with Gasteiger partial charge in [-0.3, -0.25) is 14.4 Å². The van der Waals surface area contributed by atoms with E-state index in [1.54, 1.807) is 40.6 Å². The number of aliphatic hydroxyl groups is 1. The number of anilines is 1. The molecule has 6 atom stereocenters. The summed E-state index contributed by atoms with van der Waals surface area (Å²) in [6.07, 6.45) is 5.29. The molecule has 8 heteroatoms. The number of esters is 1. The SMILES string of the molecule is C=CCCOC(=O)[C@@H]1[C@H]2C(=O)N([C@H](C)CO)C(C(=O)N(CC=C)c3ccc4ccccc4c3)C23CC[C@H]1S3. The van der Waals surface area contributed by atoms with Gasteiger partial charge in [-0.05, 0) is 49.1 Å². The highest BCUT2D eigenvalue weighted by molar-refractivity contribution is 8.02. The largest absolute Gasteiger partial charge is 0.465 e. The minimum absolute atomic E-state index is 0.0735. The monoisotopic (exact) mass is 534 g/mol.